The van der Waals surface area contributed by atoms with Gasteiger partial charge in [-0.15, -0.1) is 11.3 Å². The van der Waals surface area contributed by atoms with Crippen LogP contribution < -0.4 is 10.6 Å². The van der Waals surface area contributed by atoms with Gasteiger partial charge in [0.2, 0.25) is 0 Å². The lowest BCUT2D eigenvalue weighted by molar-refractivity contribution is 0.236. The molecule has 2 N–H and O–H groups in total. The highest BCUT2D eigenvalue weighted by Gasteiger charge is 2.13. The normalized spacial score (nSPS) is 11.9. The van der Waals surface area contributed by atoms with E-state index < -0.39 is 0 Å². The Morgan fingerprint density at radius 3 is 2.68 bits per heavy atom. The van der Waals surface area contributed by atoms with Crippen molar-refractivity contribution in [1.29, 1.82) is 0 Å². The van der Waals surface area contributed by atoms with Crippen LogP contribution in [0.4, 0.5) is 4.79 Å². The minimum Gasteiger partial charge on any atom is -0.334 e. The zero-order valence-electron chi connectivity index (χ0n) is 14.1. The number of hydrogen-bond acceptors (Lipinski definition) is 4. The summed E-state index contributed by atoms with van der Waals surface area (Å²) in [5.74, 6) is 0. The molecular weight excluding hydrogens is 334 g/mol. The predicted molar refractivity (Wildman–Crippen MR) is 98.3 cm³/mol. The van der Waals surface area contributed by atoms with E-state index in [2.05, 4.69) is 27.6 Å². The number of urea groups is 1. The molecule has 6 nitrogen and oxygen atoms in total. The van der Waals surface area contributed by atoms with Gasteiger partial charge in [-0.05, 0) is 29.0 Å². The second-order valence-electron chi connectivity index (χ2n) is 5.71. The lowest BCUT2D eigenvalue weighted by atomic mass is 10.1. The van der Waals surface area contributed by atoms with Gasteiger partial charge in [0.15, 0.2) is 0 Å². The van der Waals surface area contributed by atoms with E-state index in [0.717, 1.165) is 17.5 Å². The van der Waals surface area contributed by atoms with Gasteiger partial charge in [0.1, 0.15) is 12.7 Å². The molecule has 0 bridgehead atoms. The van der Waals surface area contributed by atoms with E-state index in [9.17, 15) is 4.79 Å². The number of carbonyl (C=O) groups is 1. The third-order valence-corrected chi connectivity index (χ3v) is 4.87. The fraction of sp³-hybridized carbons (Fsp3) is 0.278. The van der Waals surface area contributed by atoms with Gasteiger partial charge in [-0.3, -0.25) is 0 Å². The molecule has 1 atom stereocenters. The summed E-state index contributed by atoms with van der Waals surface area (Å²) in [5, 5.41) is 12.1. The molecule has 1 aromatic carbocycles. The van der Waals surface area contributed by atoms with E-state index in [1.165, 1.54) is 11.2 Å². The molecule has 25 heavy (non-hydrogen) atoms. The van der Waals surface area contributed by atoms with Crippen molar-refractivity contribution >= 4 is 17.4 Å². The van der Waals surface area contributed by atoms with Crippen LogP contribution in [-0.2, 0) is 13.1 Å². The first kappa shape index (κ1) is 17.2. The fourth-order valence-corrected chi connectivity index (χ4v) is 3.38. The van der Waals surface area contributed by atoms with Crippen molar-refractivity contribution in [3.8, 4) is 0 Å². The maximum absolute atomic E-state index is 12.1. The summed E-state index contributed by atoms with van der Waals surface area (Å²) in [5.41, 5.74) is 2.20. The van der Waals surface area contributed by atoms with Crippen LogP contribution in [0.3, 0.4) is 0 Å². The highest BCUT2D eigenvalue weighted by molar-refractivity contribution is 7.10. The smallest absolute Gasteiger partial charge is 0.315 e. The van der Waals surface area contributed by atoms with Gasteiger partial charge in [0.05, 0.1) is 12.6 Å². The second kappa shape index (κ2) is 8.43. The Labute approximate surface area is 150 Å². The number of thiophene rings is 1. The highest BCUT2D eigenvalue weighted by Crippen LogP contribution is 2.21. The number of nitrogens with zero attached hydrogens (tertiary/aromatic N) is 3. The number of aromatic nitrogens is 3. The molecule has 0 aliphatic rings. The Kier molecular flexibility index (Phi) is 5.79. The SMILES string of the molecule is CCC(NC(=O)NCc1ccc(Cn2cncn2)cc1)c1cccs1. The average Bonchev–Trinajstić information content (AvgIpc) is 3.33. The van der Waals surface area contributed by atoms with Crippen molar-refractivity contribution < 1.29 is 4.79 Å². The lowest BCUT2D eigenvalue weighted by Crippen LogP contribution is -2.37. The molecule has 2 heterocycles. The Morgan fingerprint density at radius 2 is 2.04 bits per heavy atom. The standard InChI is InChI=1S/C18H21N5OS/c1-2-16(17-4-3-9-25-17)22-18(24)20-10-14-5-7-15(8-6-14)11-23-13-19-12-21-23/h3-9,12-13,16H,2,10-11H2,1H3,(H2,20,22,24). The Balaban J connectivity index is 1.48. The molecule has 2 amide bonds. The van der Waals surface area contributed by atoms with E-state index in [4.69, 9.17) is 0 Å². The molecular formula is C18H21N5OS. The van der Waals surface area contributed by atoms with Crippen LogP contribution in [0.2, 0.25) is 0 Å². The van der Waals surface area contributed by atoms with Gasteiger partial charge < -0.3 is 10.6 Å². The number of carbonyl (C=O) groups excluding carboxylic acids is 1. The largest absolute Gasteiger partial charge is 0.334 e. The molecule has 1 unspecified atom stereocenters. The first-order valence-corrected chi connectivity index (χ1v) is 9.10. The van der Waals surface area contributed by atoms with Gasteiger partial charge in [-0.2, -0.15) is 5.10 Å². The summed E-state index contributed by atoms with van der Waals surface area (Å²) in [6, 6.07) is 12.1. The summed E-state index contributed by atoms with van der Waals surface area (Å²) in [7, 11) is 0. The van der Waals surface area contributed by atoms with Crippen LogP contribution in [0.25, 0.3) is 0 Å². The van der Waals surface area contributed by atoms with Crippen LogP contribution in [0.15, 0.2) is 54.4 Å². The van der Waals surface area contributed by atoms with Gasteiger partial charge in [-0.1, -0.05) is 37.3 Å². The summed E-state index contributed by atoms with van der Waals surface area (Å²) < 4.78 is 1.77. The molecule has 0 fully saturated rings. The fourth-order valence-electron chi connectivity index (χ4n) is 2.52. The maximum Gasteiger partial charge on any atom is 0.315 e. The van der Waals surface area contributed by atoms with E-state index in [1.54, 1.807) is 22.3 Å². The minimum atomic E-state index is -0.146. The van der Waals surface area contributed by atoms with Crippen LogP contribution in [0.1, 0.15) is 35.4 Å². The molecule has 0 saturated carbocycles. The molecule has 0 spiro atoms. The quantitative estimate of drug-likeness (QED) is 0.683. The zero-order valence-corrected chi connectivity index (χ0v) is 14.9. The molecule has 7 heteroatoms. The Hall–Kier alpha value is -2.67. The molecule has 0 aliphatic heterocycles. The van der Waals surface area contributed by atoms with Crippen LogP contribution in [-0.4, -0.2) is 20.8 Å². The molecule has 2 aromatic heterocycles. The summed E-state index contributed by atoms with van der Waals surface area (Å²) in [4.78, 5) is 17.2. The number of rotatable bonds is 7. The van der Waals surface area contributed by atoms with Crippen LogP contribution in [0, 0.1) is 0 Å². The number of benzene rings is 1. The van der Waals surface area contributed by atoms with E-state index >= 15 is 0 Å². The third-order valence-electron chi connectivity index (χ3n) is 3.89. The van der Waals surface area contributed by atoms with Crippen LogP contribution >= 0.6 is 11.3 Å². The molecule has 0 radical (unpaired) electrons. The molecule has 3 rings (SSSR count). The third kappa shape index (κ3) is 4.90. The molecule has 3 aromatic rings. The van der Waals surface area contributed by atoms with Gasteiger partial charge in [0, 0.05) is 11.4 Å². The Bertz CT molecular complexity index is 768. The van der Waals surface area contributed by atoms with Crippen LogP contribution in [0.5, 0.6) is 0 Å². The van der Waals surface area contributed by atoms with Crippen molar-refractivity contribution in [1.82, 2.24) is 25.4 Å². The molecule has 130 valence electrons. The second-order valence-corrected chi connectivity index (χ2v) is 6.69. The number of nitrogens with one attached hydrogen (secondary N) is 2. The van der Waals surface area contributed by atoms with E-state index in [1.807, 2.05) is 41.8 Å². The van der Waals surface area contributed by atoms with E-state index in [-0.39, 0.29) is 12.1 Å². The molecule has 0 aliphatic carbocycles. The summed E-state index contributed by atoms with van der Waals surface area (Å²) in [6.45, 7) is 3.25. The number of hydrogen-bond donors (Lipinski definition) is 2. The van der Waals surface area contributed by atoms with Crippen molar-refractivity contribution in [3.63, 3.8) is 0 Å². The van der Waals surface area contributed by atoms with Gasteiger partial charge in [-0.25, -0.2) is 14.5 Å². The first-order chi connectivity index (χ1) is 12.2. The predicted octanol–water partition coefficient (Wildman–Crippen LogP) is 3.34. The monoisotopic (exact) mass is 355 g/mol. The maximum atomic E-state index is 12.1. The summed E-state index contributed by atoms with van der Waals surface area (Å²) in [6.07, 6.45) is 4.08. The Morgan fingerprint density at radius 1 is 1.24 bits per heavy atom. The zero-order chi connectivity index (χ0) is 17.5. The van der Waals surface area contributed by atoms with E-state index in [0.29, 0.717) is 13.1 Å². The topological polar surface area (TPSA) is 71.8 Å². The molecule has 0 saturated heterocycles. The van der Waals surface area contributed by atoms with Crippen molar-refractivity contribution in [2.45, 2.75) is 32.5 Å². The van der Waals surface area contributed by atoms with Gasteiger partial charge >= 0.3 is 6.03 Å². The van der Waals surface area contributed by atoms with Crippen molar-refractivity contribution in [2.24, 2.45) is 0 Å². The van der Waals surface area contributed by atoms with Crippen molar-refractivity contribution in [2.75, 3.05) is 0 Å². The average molecular weight is 355 g/mol. The first-order valence-electron chi connectivity index (χ1n) is 8.22. The lowest BCUT2D eigenvalue weighted by Gasteiger charge is -2.16. The highest BCUT2D eigenvalue weighted by atomic mass is 32.1. The number of amides is 2. The van der Waals surface area contributed by atoms with Crippen molar-refractivity contribution in [3.05, 3.63) is 70.4 Å². The summed E-state index contributed by atoms with van der Waals surface area (Å²) >= 11 is 1.66. The van der Waals surface area contributed by atoms with Gasteiger partial charge in [0.25, 0.3) is 0 Å². The minimum absolute atomic E-state index is 0.0602.